The molecule has 22 heavy (non-hydrogen) atoms. The molecule has 0 aliphatic carbocycles. The summed E-state index contributed by atoms with van der Waals surface area (Å²) in [5.74, 6) is -0.210. The van der Waals surface area contributed by atoms with Gasteiger partial charge in [-0.15, -0.1) is 6.58 Å². The van der Waals surface area contributed by atoms with Crippen LogP contribution in [-0.2, 0) is 13.0 Å². The first-order valence-electron chi connectivity index (χ1n) is 7.56. The van der Waals surface area contributed by atoms with Crippen LogP contribution in [0.5, 0.6) is 0 Å². The summed E-state index contributed by atoms with van der Waals surface area (Å²) in [7, 11) is 0. The highest BCUT2D eigenvalue weighted by molar-refractivity contribution is 5.18. The molecule has 2 N–H and O–H groups in total. The average Bonchev–Trinajstić information content (AvgIpc) is 2.55. The monoisotopic (exact) mass is 298 g/mol. The Labute approximate surface area is 132 Å². The summed E-state index contributed by atoms with van der Waals surface area (Å²) < 4.78 is 13.0. The van der Waals surface area contributed by atoms with Crippen LogP contribution in [0.15, 0.2) is 67.3 Å². The molecule has 0 amide bonds. The van der Waals surface area contributed by atoms with E-state index >= 15 is 0 Å². The second-order valence-corrected chi connectivity index (χ2v) is 5.42. The lowest BCUT2D eigenvalue weighted by molar-refractivity contribution is 0.211. The van der Waals surface area contributed by atoms with E-state index in [0.717, 1.165) is 25.1 Å². The van der Waals surface area contributed by atoms with E-state index < -0.39 is 0 Å². The van der Waals surface area contributed by atoms with Crippen LogP contribution < -0.4 is 5.73 Å². The molecule has 2 aromatic carbocycles. The maximum absolute atomic E-state index is 13.0. The van der Waals surface area contributed by atoms with Gasteiger partial charge in [0.1, 0.15) is 5.82 Å². The van der Waals surface area contributed by atoms with Crippen LogP contribution >= 0.6 is 0 Å². The largest absolute Gasteiger partial charge is 0.329 e. The van der Waals surface area contributed by atoms with Gasteiger partial charge in [-0.3, -0.25) is 4.90 Å². The second-order valence-electron chi connectivity index (χ2n) is 5.42. The molecule has 0 saturated carbocycles. The minimum absolute atomic E-state index is 0.210. The highest BCUT2D eigenvalue weighted by Crippen LogP contribution is 2.13. The molecule has 2 nitrogen and oxygen atoms in total. The minimum atomic E-state index is -0.210. The number of halogens is 1. The number of nitrogens with zero attached hydrogens (tertiary/aromatic N) is 1. The lowest BCUT2D eigenvalue weighted by Gasteiger charge is -2.30. The number of benzene rings is 2. The van der Waals surface area contributed by atoms with Crippen LogP contribution in [0.1, 0.15) is 11.1 Å². The molecular weight excluding hydrogens is 275 g/mol. The fraction of sp³-hybridized carbons (Fsp3) is 0.263. The Hall–Kier alpha value is -1.97. The molecule has 2 rings (SSSR count). The van der Waals surface area contributed by atoms with Gasteiger partial charge >= 0.3 is 0 Å². The molecule has 0 aliphatic heterocycles. The SMILES string of the molecule is C=CCN(Cc1ccc(F)cc1)C(CN)Cc1ccccc1. The third kappa shape index (κ3) is 4.79. The van der Waals surface area contributed by atoms with Crippen LogP contribution in [-0.4, -0.2) is 24.0 Å². The lowest BCUT2D eigenvalue weighted by atomic mass is 10.0. The van der Waals surface area contributed by atoms with Gasteiger partial charge in [-0.1, -0.05) is 48.5 Å². The Kier molecular flexibility index (Phi) is 6.31. The van der Waals surface area contributed by atoms with E-state index in [9.17, 15) is 4.39 Å². The highest BCUT2D eigenvalue weighted by Gasteiger charge is 2.17. The molecule has 0 aliphatic rings. The molecule has 0 spiro atoms. The van der Waals surface area contributed by atoms with E-state index in [1.807, 2.05) is 36.4 Å². The Balaban J connectivity index is 2.09. The molecule has 0 radical (unpaired) electrons. The predicted octanol–water partition coefficient (Wildman–Crippen LogP) is 3.38. The molecule has 2 aromatic rings. The van der Waals surface area contributed by atoms with E-state index in [1.165, 1.54) is 17.7 Å². The van der Waals surface area contributed by atoms with Crippen molar-refractivity contribution in [1.29, 1.82) is 0 Å². The summed E-state index contributed by atoms with van der Waals surface area (Å²) in [6.07, 6.45) is 2.78. The summed E-state index contributed by atoms with van der Waals surface area (Å²) in [6, 6.07) is 17.2. The maximum Gasteiger partial charge on any atom is 0.123 e. The Morgan fingerprint density at radius 2 is 1.73 bits per heavy atom. The summed E-state index contributed by atoms with van der Waals surface area (Å²) in [4.78, 5) is 2.28. The fourth-order valence-electron chi connectivity index (χ4n) is 2.58. The van der Waals surface area contributed by atoms with Crippen molar-refractivity contribution in [3.63, 3.8) is 0 Å². The molecule has 1 unspecified atom stereocenters. The second kappa shape index (κ2) is 8.47. The number of rotatable bonds is 8. The van der Waals surface area contributed by atoms with Crippen LogP contribution in [0.3, 0.4) is 0 Å². The van der Waals surface area contributed by atoms with Gasteiger partial charge in [0, 0.05) is 25.7 Å². The van der Waals surface area contributed by atoms with Gasteiger partial charge < -0.3 is 5.73 Å². The third-order valence-corrected chi connectivity index (χ3v) is 3.77. The van der Waals surface area contributed by atoms with Gasteiger partial charge in [0.05, 0.1) is 0 Å². The van der Waals surface area contributed by atoms with Crippen molar-refractivity contribution in [2.45, 2.75) is 19.0 Å². The van der Waals surface area contributed by atoms with Crippen molar-refractivity contribution in [3.8, 4) is 0 Å². The van der Waals surface area contributed by atoms with E-state index in [0.29, 0.717) is 6.54 Å². The van der Waals surface area contributed by atoms with Gasteiger partial charge in [-0.2, -0.15) is 0 Å². The quantitative estimate of drug-likeness (QED) is 0.757. The molecule has 1 atom stereocenters. The third-order valence-electron chi connectivity index (χ3n) is 3.77. The van der Waals surface area contributed by atoms with Gasteiger partial charge in [0.15, 0.2) is 0 Å². The highest BCUT2D eigenvalue weighted by atomic mass is 19.1. The van der Waals surface area contributed by atoms with Crippen molar-refractivity contribution >= 4 is 0 Å². The average molecular weight is 298 g/mol. The van der Waals surface area contributed by atoms with Gasteiger partial charge in [-0.05, 0) is 29.7 Å². The molecule has 3 heteroatoms. The van der Waals surface area contributed by atoms with E-state index in [4.69, 9.17) is 5.73 Å². The Morgan fingerprint density at radius 3 is 2.32 bits per heavy atom. The first-order chi connectivity index (χ1) is 10.7. The lowest BCUT2D eigenvalue weighted by Crippen LogP contribution is -2.41. The summed E-state index contributed by atoms with van der Waals surface area (Å²) in [5.41, 5.74) is 8.34. The smallest absolute Gasteiger partial charge is 0.123 e. The number of hydrogen-bond donors (Lipinski definition) is 1. The molecule has 0 bridgehead atoms. The molecule has 0 saturated heterocycles. The number of nitrogens with two attached hydrogens (primary N) is 1. The topological polar surface area (TPSA) is 29.3 Å². The zero-order valence-corrected chi connectivity index (χ0v) is 12.8. The normalized spacial score (nSPS) is 12.3. The number of hydrogen-bond acceptors (Lipinski definition) is 2. The summed E-state index contributed by atoms with van der Waals surface area (Å²) >= 11 is 0. The first kappa shape index (κ1) is 16.4. The van der Waals surface area contributed by atoms with Gasteiger partial charge in [0.25, 0.3) is 0 Å². The Bertz CT molecular complexity index is 566. The van der Waals surface area contributed by atoms with E-state index in [2.05, 4.69) is 23.6 Å². The van der Waals surface area contributed by atoms with Crippen LogP contribution in [0.2, 0.25) is 0 Å². The standard InChI is InChI=1S/C19H23FN2/c1-2-12-22(15-17-8-10-18(20)11-9-17)19(14-21)13-16-6-4-3-5-7-16/h2-11,19H,1,12-15,21H2. The van der Waals surface area contributed by atoms with Crippen molar-refractivity contribution in [2.24, 2.45) is 5.73 Å². The zero-order chi connectivity index (χ0) is 15.8. The van der Waals surface area contributed by atoms with Crippen LogP contribution in [0, 0.1) is 5.82 Å². The van der Waals surface area contributed by atoms with Crippen molar-refractivity contribution in [1.82, 2.24) is 4.90 Å². The Morgan fingerprint density at radius 1 is 1.05 bits per heavy atom. The molecule has 0 fully saturated rings. The van der Waals surface area contributed by atoms with E-state index in [1.54, 1.807) is 0 Å². The summed E-state index contributed by atoms with van der Waals surface area (Å²) in [6.45, 7) is 5.90. The van der Waals surface area contributed by atoms with E-state index in [-0.39, 0.29) is 11.9 Å². The molecule has 0 aromatic heterocycles. The minimum Gasteiger partial charge on any atom is -0.329 e. The van der Waals surface area contributed by atoms with Gasteiger partial charge in [0.2, 0.25) is 0 Å². The van der Waals surface area contributed by atoms with Crippen LogP contribution in [0.25, 0.3) is 0 Å². The summed E-state index contributed by atoms with van der Waals surface area (Å²) in [5, 5.41) is 0. The van der Waals surface area contributed by atoms with Gasteiger partial charge in [-0.25, -0.2) is 4.39 Å². The molecule has 116 valence electrons. The first-order valence-corrected chi connectivity index (χ1v) is 7.56. The van der Waals surface area contributed by atoms with Crippen molar-refractivity contribution in [2.75, 3.05) is 13.1 Å². The molecular formula is C19H23FN2. The fourth-order valence-corrected chi connectivity index (χ4v) is 2.58. The van der Waals surface area contributed by atoms with Crippen molar-refractivity contribution < 1.29 is 4.39 Å². The van der Waals surface area contributed by atoms with Crippen LogP contribution in [0.4, 0.5) is 4.39 Å². The molecule has 0 heterocycles. The predicted molar refractivity (Wildman–Crippen MR) is 90.0 cm³/mol. The maximum atomic E-state index is 13.0. The van der Waals surface area contributed by atoms with Crippen molar-refractivity contribution in [3.05, 3.63) is 84.2 Å². The zero-order valence-electron chi connectivity index (χ0n) is 12.8.